The van der Waals surface area contributed by atoms with Crippen LogP contribution in [0.5, 0.6) is 0 Å². The van der Waals surface area contributed by atoms with Crippen LogP contribution < -0.4 is 0 Å². The molecule has 0 radical (unpaired) electrons. The number of rotatable bonds is 5. The van der Waals surface area contributed by atoms with E-state index in [1.807, 2.05) is 18.2 Å². The van der Waals surface area contributed by atoms with Crippen molar-refractivity contribution in [1.82, 2.24) is 4.90 Å². The number of hydrogen-bond donors (Lipinski definition) is 0. The second-order valence-corrected chi connectivity index (χ2v) is 9.11. The molecule has 1 heterocycles. The van der Waals surface area contributed by atoms with E-state index < -0.39 is 9.84 Å². The van der Waals surface area contributed by atoms with E-state index in [1.54, 1.807) is 0 Å². The lowest BCUT2D eigenvalue weighted by Gasteiger charge is -2.31. The first-order valence-corrected chi connectivity index (χ1v) is 9.86. The molecule has 1 aliphatic carbocycles. The van der Waals surface area contributed by atoms with Crippen molar-refractivity contribution in [3.63, 3.8) is 0 Å². The van der Waals surface area contributed by atoms with Gasteiger partial charge in [-0.3, -0.25) is 4.90 Å². The van der Waals surface area contributed by atoms with Crippen LogP contribution in [-0.4, -0.2) is 43.5 Å². The zero-order valence-corrected chi connectivity index (χ0v) is 13.9. The Kier molecular flexibility index (Phi) is 4.30. The highest BCUT2D eigenvalue weighted by Gasteiger charge is 2.39. The summed E-state index contributed by atoms with van der Waals surface area (Å²) in [5, 5.41) is 0.765. The summed E-state index contributed by atoms with van der Waals surface area (Å²) in [6, 6.07) is 8.79. The lowest BCUT2D eigenvalue weighted by atomic mass is 9.99. The fourth-order valence-corrected chi connectivity index (χ4v) is 5.22. The van der Waals surface area contributed by atoms with E-state index in [0.717, 1.165) is 18.0 Å². The van der Waals surface area contributed by atoms with Crippen molar-refractivity contribution in [2.45, 2.75) is 44.2 Å². The van der Waals surface area contributed by atoms with Gasteiger partial charge in [0.1, 0.15) is 0 Å². The third kappa shape index (κ3) is 3.79. The van der Waals surface area contributed by atoms with Crippen molar-refractivity contribution in [2.75, 3.05) is 18.1 Å². The van der Waals surface area contributed by atoms with Gasteiger partial charge in [-0.05, 0) is 42.9 Å². The molecule has 0 aromatic heterocycles. The molecule has 0 unspecified atom stereocenters. The topological polar surface area (TPSA) is 37.4 Å². The smallest absolute Gasteiger partial charge is 0.151 e. The van der Waals surface area contributed by atoms with E-state index in [9.17, 15) is 8.42 Å². The fourth-order valence-electron chi connectivity index (χ4n) is 3.27. The normalized spacial score (nSPS) is 26.1. The summed E-state index contributed by atoms with van der Waals surface area (Å²) in [7, 11) is -2.82. The van der Waals surface area contributed by atoms with E-state index in [4.69, 9.17) is 11.6 Å². The molecule has 3 rings (SSSR count). The van der Waals surface area contributed by atoms with Gasteiger partial charge >= 0.3 is 0 Å². The zero-order valence-electron chi connectivity index (χ0n) is 12.3. The second kappa shape index (κ2) is 5.90. The van der Waals surface area contributed by atoms with E-state index in [0.29, 0.717) is 23.5 Å². The Hall–Kier alpha value is -0.580. The van der Waals surface area contributed by atoms with Crippen LogP contribution >= 0.6 is 11.6 Å². The van der Waals surface area contributed by atoms with E-state index in [2.05, 4.69) is 17.9 Å². The molecule has 1 aromatic carbocycles. The molecule has 2 fully saturated rings. The van der Waals surface area contributed by atoms with Crippen molar-refractivity contribution in [3.05, 3.63) is 34.9 Å². The predicted octanol–water partition coefficient (Wildman–Crippen LogP) is 3.10. The standard InChI is InChI=1S/C16H22ClNO2S/c1-12(13-3-2-4-14(17)9-13)10-18(15-5-6-15)16-7-8-21(19,20)11-16/h2-4,9,12,15-16H,5-8,10-11H2,1H3/t12-,16+/m0/s1. The molecular weight excluding hydrogens is 306 g/mol. The van der Waals surface area contributed by atoms with Crippen molar-refractivity contribution in [3.8, 4) is 0 Å². The zero-order chi connectivity index (χ0) is 15.0. The van der Waals surface area contributed by atoms with Gasteiger partial charge in [-0.25, -0.2) is 8.42 Å². The summed E-state index contributed by atoms with van der Waals surface area (Å²) in [6.07, 6.45) is 3.21. The Morgan fingerprint density at radius 3 is 2.62 bits per heavy atom. The molecule has 5 heteroatoms. The number of sulfone groups is 1. The van der Waals surface area contributed by atoms with Crippen LogP contribution in [0.25, 0.3) is 0 Å². The summed E-state index contributed by atoms with van der Waals surface area (Å²) >= 11 is 6.07. The van der Waals surface area contributed by atoms with Crippen molar-refractivity contribution < 1.29 is 8.42 Å². The highest BCUT2D eigenvalue weighted by atomic mass is 35.5. The second-order valence-electron chi connectivity index (χ2n) is 6.44. The molecular formula is C16H22ClNO2S. The van der Waals surface area contributed by atoms with Crippen LogP contribution in [0.2, 0.25) is 5.02 Å². The van der Waals surface area contributed by atoms with Crippen LogP contribution in [0.15, 0.2) is 24.3 Å². The summed E-state index contributed by atoms with van der Waals surface area (Å²) in [6.45, 7) is 3.12. The average Bonchev–Trinajstić information content (AvgIpc) is 3.19. The van der Waals surface area contributed by atoms with E-state index in [1.165, 1.54) is 18.4 Å². The molecule has 0 bridgehead atoms. The van der Waals surface area contributed by atoms with Gasteiger partial charge in [0.2, 0.25) is 0 Å². The number of nitrogens with zero attached hydrogens (tertiary/aromatic N) is 1. The average molecular weight is 328 g/mol. The maximum absolute atomic E-state index is 11.7. The molecule has 2 aliphatic rings. The lowest BCUT2D eigenvalue weighted by Crippen LogP contribution is -2.40. The minimum absolute atomic E-state index is 0.212. The first-order valence-electron chi connectivity index (χ1n) is 7.66. The summed E-state index contributed by atoms with van der Waals surface area (Å²) in [5.74, 6) is 1.06. The van der Waals surface area contributed by atoms with Gasteiger partial charge in [0.25, 0.3) is 0 Å². The molecule has 3 nitrogen and oxygen atoms in total. The van der Waals surface area contributed by atoms with Crippen LogP contribution in [-0.2, 0) is 9.84 Å². The Bertz CT molecular complexity index is 612. The van der Waals surface area contributed by atoms with Gasteiger partial charge in [0.15, 0.2) is 9.84 Å². The monoisotopic (exact) mass is 327 g/mol. The maximum Gasteiger partial charge on any atom is 0.151 e. The lowest BCUT2D eigenvalue weighted by molar-refractivity contribution is 0.192. The van der Waals surface area contributed by atoms with Crippen LogP contribution in [0.1, 0.15) is 37.7 Å². The van der Waals surface area contributed by atoms with Crippen LogP contribution in [0.4, 0.5) is 0 Å². The van der Waals surface area contributed by atoms with Crippen molar-refractivity contribution >= 4 is 21.4 Å². The van der Waals surface area contributed by atoms with Gasteiger partial charge in [-0.2, -0.15) is 0 Å². The summed E-state index contributed by atoms with van der Waals surface area (Å²) in [4.78, 5) is 2.44. The first kappa shape index (κ1) is 15.3. The van der Waals surface area contributed by atoms with Gasteiger partial charge < -0.3 is 0 Å². The Labute approximate surface area is 132 Å². The fraction of sp³-hybridized carbons (Fsp3) is 0.625. The Balaban J connectivity index is 1.71. The van der Waals surface area contributed by atoms with E-state index in [-0.39, 0.29) is 6.04 Å². The number of benzene rings is 1. The quantitative estimate of drug-likeness (QED) is 0.834. The predicted molar refractivity (Wildman–Crippen MR) is 86.7 cm³/mol. The third-order valence-electron chi connectivity index (χ3n) is 4.60. The number of halogens is 1. The highest BCUT2D eigenvalue weighted by molar-refractivity contribution is 7.91. The SMILES string of the molecule is C[C@@H](CN(C1CC1)[C@@H]1CCS(=O)(=O)C1)c1cccc(Cl)c1. The largest absolute Gasteiger partial charge is 0.296 e. The van der Waals surface area contributed by atoms with Crippen LogP contribution in [0.3, 0.4) is 0 Å². The molecule has 1 aliphatic heterocycles. The molecule has 0 spiro atoms. The minimum Gasteiger partial charge on any atom is -0.296 e. The maximum atomic E-state index is 11.7. The first-order chi connectivity index (χ1) is 9.94. The summed E-state index contributed by atoms with van der Waals surface area (Å²) in [5.41, 5.74) is 1.23. The van der Waals surface area contributed by atoms with Crippen LogP contribution in [0, 0.1) is 0 Å². The summed E-state index contributed by atoms with van der Waals surface area (Å²) < 4.78 is 23.5. The molecule has 0 N–H and O–H groups in total. The van der Waals surface area contributed by atoms with Gasteiger partial charge in [0.05, 0.1) is 11.5 Å². The highest BCUT2D eigenvalue weighted by Crippen LogP contribution is 2.34. The van der Waals surface area contributed by atoms with Gasteiger partial charge in [-0.1, -0.05) is 30.7 Å². The molecule has 116 valence electrons. The van der Waals surface area contributed by atoms with E-state index >= 15 is 0 Å². The molecule has 0 amide bonds. The molecule has 21 heavy (non-hydrogen) atoms. The molecule has 1 saturated carbocycles. The molecule has 1 saturated heterocycles. The Morgan fingerprint density at radius 1 is 1.29 bits per heavy atom. The van der Waals surface area contributed by atoms with Crippen molar-refractivity contribution in [2.24, 2.45) is 0 Å². The Morgan fingerprint density at radius 2 is 2.05 bits per heavy atom. The molecule has 1 aromatic rings. The van der Waals surface area contributed by atoms with Crippen molar-refractivity contribution in [1.29, 1.82) is 0 Å². The number of hydrogen-bond acceptors (Lipinski definition) is 3. The van der Waals surface area contributed by atoms with Gasteiger partial charge in [-0.15, -0.1) is 0 Å². The molecule has 2 atom stereocenters. The van der Waals surface area contributed by atoms with Gasteiger partial charge in [0, 0.05) is 23.7 Å². The minimum atomic E-state index is -2.82. The third-order valence-corrected chi connectivity index (χ3v) is 6.58.